The highest BCUT2D eigenvalue weighted by molar-refractivity contribution is 7.89. The Morgan fingerprint density at radius 3 is 2.45 bits per heavy atom. The molecule has 31 heavy (non-hydrogen) atoms. The van der Waals surface area contributed by atoms with Gasteiger partial charge < -0.3 is 4.74 Å². The highest BCUT2D eigenvalue weighted by atomic mass is 32.2. The van der Waals surface area contributed by atoms with Crippen LogP contribution in [0.2, 0.25) is 0 Å². The van der Waals surface area contributed by atoms with Crippen LogP contribution in [-0.4, -0.2) is 46.9 Å². The van der Waals surface area contributed by atoms with Crippen LogP contribution in [0, 0.1) is 0 Å². The molecule has 1 fully saturated rings. The smallest absolute Gasteiger partial charge is 0.243 e. The predicted molar refractivity (Wildman–Crippen MR) is 118 cm³/mol. The van der Waals surface area contributed by atoms with Gasteiger partial charge in [0.1, 0.15) is 0 Å². The first-order valence-electron chi connectivity index (χ1n) is 10.6. The Bertz CT molecular complexity index is 1130. The van der Waals surface area contributed by atoms with E-state index in [2.05, 4.69) is 4.72 Å². The Labute approximate surface area is 184 Å². The van der Waals surface area contributed by atoms with Gasteiger partial charge in [0.05, 0.1) is 22.5 Å². The van der Waals surface area contributed by atoms with Gasteiger partial charge in [0.25, 0.3) is 0 Å². The zero-order valence-electron chi connectivity index (χ0n) is 17.5. The highest BCUT2D eigenvalue weighted by Crippen LogP contribution is 2.28. The minimum atomic E-state index is -3.80. The van der Waals surface area contributed by atoms with E-state index in [4.69, 9.17) is 4.74 Å². The lowest BCUT2D eigenvalue weighted by molar-refractivity contribution is 0.0460. The van der Waals surface area contributed by atoms with E-state index in [1.165, 1.54) is 34.1 Å². The van der Waals surface area contributed by atoms with Crippen molar-refractivity contribution in [1.82, 2.24) is 9.03 Å². The van der Waals surface area contributed by atoms with Gasteiger partial charge in [-0.2, -0.15) is 4.31 Å². The molecule has 4 rings (SSSR count). The van der Waals surface area contributed by atoms with Gasteiger partial charge in [-0.25, -0.2) is 21.6 Å². The van der Waals surface area contributed by atoms with Crippen molar-refractivity contribution in [1.29, 1.82) is 0 Å². The standard InChI is InChI=1S/C22H28N2O5S2/c1-17-6-4-5-14-24(17)31(27,28)20-11-9-19(10-12-20)30(25,26)23-16-22-21-8-3-2-7-18(21)13-15-29-22/h2-3,7-12,17,22-23H,4-6,13-16H2,1H3/t17-,22+/m0/s1. The molecule has 2 heterocycles. The summed E-state index contributed by atoms with van der Waals surface area (Å²) in [4.78, 5) is 0.145. The topological polar surface area (TPSA) is 92.8 Å². The fraction of sp³-hybridized carbons (Fsp3) is 0.455. The van der Waals surface area contributed by atoms with Gasteiger partial charge in [-0.1, -0.05) is 30.7 Å². The lowest BCUT2D eigenvalue weighted by Crippen LogP contribution is -2.41. The lowest BCUT2D eigenvalue weighted by Gasteiger charge is -2.32. The summed E-state index contributed by atoms with van der Waals surface area (Å²) >= 11 is 0. The summed E-state index contributed by atoms with van der Waals surface area (Å²) in [5.74, 6) is 0. The first-order chi connectivity index (χ1) is 14.8. The molecular formula is C22H28N2O5S2. The van der Waals surface area contributed by atoms with E-state index in [-0.39, 0.29) is 28.5 Å². The van der Waals surface area contributed by atoms with E-state index in [0.29, 0.717) is 13.2 Å². The van der Waals surface area contributed by atoms with Crippen LogP contribution in [0.5, 0.6) is 0 Å². The van der Waals surface area contributed by atoms with Gasteiger partial charge in [0.15, 0.2) is 0 Å². The summed E-state index contributed by atoms with van der Waals surface area (Å²) in [6.45, 7) is 3.06. The molecule has 0 unspecified atom stereocenters. The average molecular weight is 465 g/mol. The molecule has 168 valence electrons. The molecule has 0 bridgehead atoms. The molecule has 2 aliphatic heterocycles. The van der Waals surface area contributed by atoms with Crippen LogP contribution >= 0.6 is 0 Å². The average Bonchev–Trinajstić information content (AvgIpc) is 2.78. The van der Waals surface area contributed by atoms with Crippen molar-refractivity contribution in [2.45, 2.75) is 54.5 Å². The highest BCUT2D eigenvalue weighted by Gasteiger charge is 2.31. The van der Waals surface area contributed by atoms with Crippen molar-refractivity contribution >= 4 is 20.0 Å². The number of nitrogens with one attached hydrogen (secondary N) is 1. The number of sulfonamides is 2. The van der Waals surface area contributed by atoms with Crippen LogP contribution in [0.15, 0.2) is 58.3 Å². The maximum atomic E-state index is 13.0. The molecule has 0 aromatic heterocycles. The minimum Gasteiger partial charge on any atom is -0.372 e. The van der Waals surface area contributed by atoms with E-state index in [1.807, 2.05) is 31.2 Å². The van der Waals surface area contributed by atoms with Gasteiger partial charge in [0, 0.05) is 19.1 Å². The molecule has 0 spiro atoms. The maximum Gasteiger partial charge on any atom is 0.243 e. The molecule has 9 heteroatoms. The fourth-order valence-electron chi connectivity index (χ4n) is 4.27. The van der Waals surface area contributed by atoms with E-state index < -0.39 is 20.0 Å². The van der Waals surface area contributed by atoms with Crippen molar-refractivity contribution in [3.05, 3.63) is 59.7 Å². The zero-order valence-corrected chi connectivity index (χ0v) is 19.2. The lowest BCUT2D eigenvalue weighted by atomic mass is 9.98. The number of hydrogen-bond acceptors (Lipinski definition) is 5. The third kappa shape index (κ3) is 4.70. The Morgan fingerprint density at radius 1 is 1.00 bits per heavy atom. The molecule has 2 aromatic carbocycles. The molecule has 0 saturated carbocycles. The van der Waals surface area contributed by atoms with Crippen molar-refractivity contribution < 1.29 is 21.6 Å². The second kappa shape index (κ2) is 8.99. The van der Waals surface area contributed by atoms with Crippen molar-refractivity contribution in [3.8, 4) is 0 Å². The SMILES string of the molecule is C[C@H]1CCCCN1S(=O)(=O)c1ccc(S(=O)(=O)NC[C@H]2OCCc3ccccc32)cc1. The fourth-order valence-corrected chi connectivity index (χ4v) is 7.00. The van der Waals surface area contributed by atoms with Crippen molar-refractivity contribution in [3.63, 3.8) is 0 Å². The molecule has 2 aliphatic rings. The molecule has 0 radical (unpaired) electrons. The maximum absolute atomic E-state index is 13.0. The van der Waals surface area contributed by atoms with Gasteiger partial charge in [0.2, 0.25) is 20.0 Å². The minimum absolute atomic E-state index is 0.0298. The van der Waals surface area contributed by atoms with Crippen LogP contribution in [0.4, 0.5) is 0 Å². The van der Waals surface area contributed by atoms with Crippen LogP contribution < -0.4 is 4.72 Å². The number of benzene rings is 2. The summed E-state index contributed by atoms with van der Waals surface area (Å²) < 4.78 is 61.3. The van der Waals surface area contributed by atoms with Gasteiger partial charge >= 0.3 is 0 Å². The molecule has 2 aromatic rings. The van der Waals surface area contributed by atoms with Crippen LogP contribution in [-0.2, 0) is 31.2 Å². The number of piperidine rings is 1. The normalized spacial score (nSPS) is 22.7. The van der Waals surface area contributed by atoms with E-state index in [1.54, 1.807) is 0 Å². The summed E-state index contributed by atoms with van der Waals surface area (Å²) in [6, 6.07) is 13.2. The monoisotopic (exact) mass is 464 g/mol. The van der Waals surface area contributed by atoms with E-state index in [9.17, 15) is 16.8 Å². The predicted octanol–water partition coefficient (Wildman–Crippen LogP) is 2.84. The second-order valence-corrected chi connectivity index (χ2v) is 11.7. The second-order valence-electron chi connectivity index (χ2n) is 8.09. The molecule has 1 N–H and O–H groups in total. The Kier molecular flexibility index (Phi) is 6.50. The Hall–Kier alpha value is -1.78. The van der Waals surface area contributed by atoms with Crippen LogP contribution in [0.1, 0.15) is 43.4 Å². The zero-order chi connectivity index (χ0) is 22.1. The first-order valence-corrected chi connectivity index (χ1v) is 13.5. The third-order valence-electron chi connectivity index (χ3n) is 6.03. The van der Waals surface area contributed by atoms with Crippen molar-refractivity contribution in [2.24, 2.45) is 0 Å². The molecular weight excluding hydrogens is 436 g/mol. The number of ether oxygens (including phenoxy) is 1. The number of nitrogens with zero attached hydrogens (tertiary/aromatic N) is 1. The summed E-state index contributed by atoms with van der Waals surface area (Å²) in [5, 5.41) is 0. The summed E-state index contributed by atoms with van der Waals surface area (Å²) in [7, 11) is -7.44. The molecule has 0 amide bonds. The van der Waals surface area contributed by atoms with Gasteiger partial charge in [-0.05, 0) is 61.6 Å². The van der Waals surface area contributed by atoms with Gasteiger partial charge in [-0.3, -0.25) is 0 Å². The first kappa shape index (κ1) is 22.4. The van der Waals surface area contributed by atoms with E-state index >= 15 is 0 Å². The summed E-state index contributed by atoms with van der Waals surface area (Å²) in [6.07, 6.45) is 3.16. The number of fused-ring (bicyclic) bond motifs is 1. The van der Waals surface area contributed by atoms with Crippen LogP contribution in [0.3, 0.4) is 0 Å². The third-order valence-corrected chi connectivity index (χ3v) is 9.50. The number of hydrogen-bond donors (Lipinski definition) is 1. The Morgan fingerprint density at radius 2 is 1.71 bits per heavy atom. The molecule has 1 saturated heterocycles. The van der Waals surface area contributed by atoms with Crippen molar-refractivity contribution in [2.75, 3.05) is 19.7 Å². The summed E-state index contributed by atoms with van der Waals surface area (Å²) in [5.41, 5.74) is 2.16. The van der Waals surface area contributed by atoms with Gasteiger partial charge in [-0.15, -0.1) is 0 Å². The largest absolute Gasteiger partial charge is 0.372 e. The molecule has 7 nitrogen and oxygen atoms in total. The molecule has 2 atom stereocenters. The quantitative estimate of drug-likeness (QED) is 0.710. The van der Waals surface area contributed by atoms with Crippen LogP contribution in [0.25, 0.3) is 0 Å². The molecule has 0 aliphatic carbocycles. The number of rotatable bonds is 6. The van der Waals surface area contributed by atoms with E-state index in [0.717, 1.165) is 31.2 Å². The Balaban J connectivity index is 1.47.